The van der Waals surface area contributed by atoms with E-state index in [0.717, 1.165) is 5.56 Å². The first-order valence-corrected chi connectivity index (χ1v) is 8.18. The van der Waals surface area contributed by atoms with Crippen LogP contribution in [0.25, 0.3) is 0 Å². The number of halogens is 2. The second-order valence-electron chi connectivity index (χ2n) is 5.72. The number of carbonyl (C=O) groups is 1. The van der Waals surface area contributed by atoms with Crippen LogP contribution in [0.4, 0.5) is 4.39 Å². The zero-order valence-corrected chi connectivity index (χ0v) is 14.4. The SMILES string of the molecule is Cn1ccnc1[C@H](NC(=O)Cc1ccc(Cl)cc1)c1ccccc1F. The molecule has 1 heterocycles. The van der Waals surface area contributed by atoms with Crippen LogP contribution in [0.1, 0.15) is 23.0 Å². The standard InChI is InChI=1S/C19H17ClFN3O/c1-24-11-10-22-19(24)18(15-4-2-3-5-16(15)21)23-17(25)12-13-6-8-14(20)9-7-13/h2-11,18H,12H2,1H3,(H,23,25)/t18-/m1/s1. The molecule has 0 fully saturated rings. The lowest BCUT2D eigenvalue weighted by molar-refractivity contribution is -0.121. The van der Waals surface area contributed by atoms with Gasteiger partial charge in [-0.05, 0) is 23.8 Å². The monoisotopic (exact) mass is 357 g/mol. The highest BCUT2D eigenvalue weighted by molar-refractivity contribution is 6.30. The molecule has 2 aromatic carbocycles. The molecular formula is C19H17ClFN3O. The third kappa shape index (κ3) is 4.06. The van der Waals surface area contributed by atoms with Gasteiger partial charge >= 0.3 is 0 Å². The van der Waals surface area contributed by atoms with Crippen LogP contribution in [0.2, 0.25) is 5.02 Å². The molecule has 1 N–H and O–H groups in total. The highest BCUT2D eigenvalue weighted by atomic mass is 35.5. The van der Waals surface area contributed by atoms with Crippen molar-refractivity contribution in [1.82, 2.24) is 14.9 Å². The molecule has 0 spiro atoms. The Morgan fingerprint density at radius 2 is 1.96 bits per heavy atom. The van der Waals surface area contributed by atoms with E-state index in [1.54, 1.807) is 59.4 Å². The second kappa shape index (κ2) is 7.49. The molecule has 3 rings (SSSR count). The summed E-state index contributed by atoms with van der Waals surface area (Å²) in [7, 11) is 1.81. The Morgan fingerprint density at radius 1 is 1.24 bits per heavy atom. The molecule has 0 saturated carbocycles. The fourth-order valence-electron chi connectivity index (χ4n) is 2.65. The number of nitrogens with zero attached hydrogens (tertiary/aromatic N) is 2. The van der Waals surface area contributed by atoms with Gasteiger partial charge < -0.3 is 9.88 Å². The Kier molecular flexibility index (Phi) is 5.14. The maximum absolute atomic E-state index is 14.3. The Balaban J connectivity index is 1.85. The lowest BCUT2D eigenvalue weighted by Gasteiger charge is -2.19. The Morgan fingerprint density at radius 3 is 2.60 bits per heavy atom. The van der Waals surface area contributed by atoms with E-state index in [1.807, 2.05) is 7.05 Å². The minimum absolute atomic E-state index is 0.173. The van der Waals surface area contributed by atoms with Crippen molar-refractivity contribution in [3.05, 3.63) is 88.7 Å². The number of hydrogen-bond donors (Lipinski definition) is 1. The van der Waals surface area contributed by atoms with Gasteiger partial charge in [0.1, 0.15) is 17.7 Å². The van der Waals surface area contributed by atoms with Gasteiger partial charge in [0.2, 0.25) is 5.91 Å². The summed E-state index contributed by atoms with van der Waals surface area (Å²) in [6, 6.07) is 12.8. The third-order valence-corrected chi connectivity index (χ3v) is 4.17. The zero-order chi connectivity index (χ0) is 17.8. The predicted molar refractivity (Wildman–Crippen MR) is 94.7 cm³/mol. The number of nitrogens with one attached hydrogen (secondary N) is 1. The van der Waals surface area contributed by atoms with Gasteiger partial charge in [0.25, 0.3) is 0 Å². The Hall–Kier alpha value is -2.66. The first-order valence-electron chi connectivity index (χ1n) is 7.80. The molecule has 0 unspecified atom stereocenters. The molecule has 4 nitrogen and oxygen atoms in total. The molecule has 0 bridgehead atoms. The van der Waals surface area contributed by atoms with E-state index in [2.05, 4.69) is 10.3 Å². The van der Waals surface area contributed by atoms with Crippen molar-refractivity contribution in [3.8, 4) is 0 Å². The number of aryl methyl sites for hydroxylation is 1. The summed E-state index contributed by atoms with van der Waals surface area (Å²) < 4.78 is 16.0. The van der Waals surface area contributed by atoms with Gasteiger partial charge in [-0.25, -0.2) is 9.37 Å². The fraction of sp³-hybridized carbons (Fsp3) is 0.158. The van der Waals surface area contributed by atoms with E-state index < -0.39 is 6.04 Å². The largest absolute Gasteiger partial charge is 0.342 e. The lowest BCUT2D eigenvalue weighted by Crippen LogP contribution is -2.32. The molecular weight excluding hydrogens is 341 g/mol. The van der Waals surface area contributed by atoms with Crippen LogP contribution in [-0.2, 0) is 18.3 Å². The number of imidazole rings is 1. The number of aromatic nitrogens is 2. The van der Waals surface area contributed by atoms with Crippen LogP contribution in [-0.4, -0.2) is 15.5 Å². The van der Waals surface area contributed by atoms with Crippen molar-refractivity contribution in [1.29, 1.82) is 0 Å². The summed E-state index contributed by atoms with van der Waals surface area (Å²) in [6.45, 7) is 0. The van der Waals surface area contributed by atoms with Crippen molar-refractivity contribution < 1.29 is 9.18 Å². The lowest BCUT2D eigenvalue weighted by atomic mass is 10.0. The molecule has 1 amide bonds. The van der Waals surface area contributed by atoms with Crippen LogP contribution in [0.5, 0.6) is 0 Å². The van der Waals surface area contributed by atoms with Gasteiger partial charge in [0.15, 0.2) is 0 Å². The maximum atomic E-state index is 14.3. The Bertz CT molecular complexity index is 876. The average Bonchev–Trinajstić information content (AvgIpc) is 3.01. The van der Waals surface area contributed by atoms with Crippen molar-refractivity contribution in [2.24, 2.45) is 7.05 Å². The average molecular weight is 358 g/mol. The topological polar surface area (TPSA) is 46.9 Å². The molecule has 128 valence electrons. The molecule has 25 heavy (non-hydrogen) atoms. The van der Waals surface area contributed by atoms with Crippen molar-refractivity contribution >= 4 is 17.5 Å². The molecule has 0 aliphatic carbocycles. The molecule has 6 heteroatoms. The minimum Gasteiger partial charge on any atom is -0.342 e. The number of hydrogen-bond acceptors (Lipinski definition) is 2. The molecule has 0 aliphatic rings. The van der Waals surface area contributed by atoms with E-state index in [1.165, 1.54) is 6.07 Å². The summed E-state index contributed by atoms with van der Waals surface area (Å²) in [5.41, 5.74) is 1.20. The van der Waals surface area contributed by atoms with Gasteiger partial charge in [-0.2, -0.15) is 0 Å². The van der Waals surface area contributed by atoms with Crippen LogP contribution in [0.3, 0.4) is 0 Å². The summed E-state index contributed by atoms with van der Waals surface area (Å²) in [6.07, 6.45) is 3.55. The van der Waals surface area contributed by atoms with E-state index in [-0.39, 0.29) is 18.1 Å². The molecule has 1 aromatic heterocycles. The van der Waals surface area contributed by atoms with Gasteiger partial charge in [-0.15, -0.1) is 0 Å². The maximum Gasteiger partial charge on any atom is 0.225 e. The van der Waals surface area contributed by atoms with Gasteiger partial charge in [-0.3, -0.25) is 4.79 Å². The van der Waals surface area contributed by atoms with E-state index >= 15 is 0 Å². The highest BCUT2D eigenvalue weighted by Gasteiger charge is 2.23. The van der Waals surface area contributed by atoms with Crippen molar-refractivity contribution in [3.63, 3.8) is 0 Å². The number of benzene rings is 2. The summed E-state index contributed by atoms with van der Waals surface area (Å²) in [5.74, 6) is -0.0459. The zero-order valence-electron chi connectivity index (χ0n) is 13.6. The third-order valence-electron chi connectivity index (χ3n) is 3.92. The highest BCUT2D eigenvalue weighted by Crippen LogP contribution is 2.23. The Labute approximate surface area is 150 Å². The molecule has 3 aromatic rings. The molecule has 0 saturated heterocycles. The van der Waals surface area contributed by atoms with Crippen molar-refractivity contribution in [2.45, 2.75) is 12.5 Å². The smallest absolute Gasteiger partial charge is 0.225 e. The minimum atomic E-state index is -0.666. The van der Waals surface area contributed by atoms with Crippen LogP contribution in [0, 0.1) is 5.82 Å². The predicted octanol–water partition coefficient (Wildman–Crippen LogP) is 3.66. The van der Waals surface area contributed by atoms with Crippen LogP contribution in [0.15, 0.2) is 60.9 Å². The molecule has 1 atom stereocenters. The molecule has 0 radical (unpaired) electrons. The molecule has 0 aliphatic heterocycles. The number of amides is 1. The van der Waals surface area contributed by atoms with Crippen molar-refractivity contribution in [2.75, 3.05) is 0 Å². The fourth-order valence-corrected chi connectivity index (χ4v) is 2.77. The first kappa shape index (κ1) is 17.2. The van der Waals surface area contributed by atoms with Gasteiger partial charge in [-0.1, -0.05) is 41.9 Å². The first-order chi connectivity index (χ1) is 12.0. The summed E-state index contributed by atoms with van der Waals surface area (Å²) >= 11 is 5.86. The van der Waals surface area contributed by atoms with E-state index in [4.69, 9.17) is 11.6 Å². The summed E-state index contributed by atoms with van der Waals surface area (Å²) in [5, 5.41) is 3.50. The van der Waals surface area contributed by atoms with Crippen LogP contribution < -0.4 is 5.32 Å². The number of carbonyl (C=O) groups excluding carboxylic acids is 1. The normalized spacial score (nSPS) is 12.0. The van der Waals surface area contributed by atoms with Gasteiger partial charge in [0, 0.05) is 30.0 Å². The van der Waals surface area contributed by atoms with Crippen LogP contribution >= 0.6 is 11.6 Å². The summed E-state index contributed by atoms with van der Waals surface area (Å²) in [4.78, 5) is 16.8. The second-order valence-corrected chi connectivity index (χ2v) is 6.16. The van der Waals surface area contributed by atoms with E-state index in [9.17, 15) is 9.18 Å². The quantitative estimate of drug-likeness (QED) is 0.757. The number of rotatable bonds is 5. The van der Waals surface area contributed by atoms with E-state index in [0.29, 0.717) is 16.4 Å². The van der Waals surface area contributed by atoms with Gasteiger partial charge in [0.05, 0.1) is 6.42 Å².